The zero-order chi connectivity index (χ0) is 27.0. The number of benzene rings is 1. The van der Waals surface area contributed by atoms with E-state index in [0.29, 0.717) is 37.0 Å². The second-order valence-corrected chi connectivity index (χ2v) is 10.6. The van der Waals surface area contributed by atoms with Crippen LogP contribution in [0.5, 0.6) is 5.88 Å². The SMILES string of the molecule is Cc1cc(Nc2cc3c(cn2)CCN(c2cnc4c(c2C)N(C(=O)OC(C)(C)C)CCO4)C3)ccc1N=O. The third-order valence-electron chi connectivity index (χ3n) is 6.69. The Bertz CT molecular complexity index is 1400. The summed E-state index contributed by atoms with van der Waals surface area (Å²) < 4.78 is 11.4. The van der Waals surface area contributed by atoms with E-state index >= 15 is 0 Å². The highest BCUT2D eigenvalue weighted by Gasteiger charge is 2.32. The number of amides is 1. The topological polar surface area (TPSA) is 109 Å². The van der Waals surface area contributed by atoms with E-state index in [1.165, 1.54) is 5.56 Å². The van der Waals surface area contributed by atoms with Crippen molar-refractivity contribution in [1.82, 2.24) is 9.97 Å². The Morgan fingerprint density at radius 3 is 2.66 bits per heavy atom. The second kappa shape index (κ2) is 9.92. The Morgan fingerprint density at radius 2 is 1.92 bits per heavy atom. The molecule has 5 rings (SSSR count). The molecule has 2 aliphatic rings. The van der Waals surface area contributed by atoms with Gasteiger partial charge in [0.1, 0.15) is 29.4 Å². The molecule has 10 nitrogen and oxygen atoms in total. The first kappa shape index (κ1) is 25.4. The number of aromatic nitrogens is 2. The van der Waals surface area contributed by atoms with Crippen LogP contribution in [0.25, 0.3) is 0 Å². The van der Waals surface area contributed by atoms with Gasteiger partial charge in [0.15, 0.2) is 0 Å². The van der Waals surface area contributed by atoms with Crippen molar-refractivity contribution in [1.29, 1.82) is 0 Å². The van der Waals surface area contributed by atoms with Crippen molar-refractivity contribution in [2.24, 2.45) is 5.18 Å². The van der Waals surface area contributed by atoms with Gasteiger partial charge in [-0.05, 0) is 87.2 Å². The van der Waals surface area contributed by atoms with E-state index in [4.69, 9.17) is 9.47 Å². The summed E-state index contributed by atoms with van der Waals surface area (Å²) in [5.41, 5.74) is 6.37. The van der Waals surface area contributed by atoms with E-state index in [9.17, 15) is 9.70 Å². The van der Waals surface area contributed by atoms with E-state index in [1.807, 2.05) is 59.1 Å². The summed E-state index contributed by atoms with van der Waals surface area (Å²) in [5.74, 6) is 1.17. The minimum absolute atomic E-state index is 0.367. The zero-order valence-electron chi connectivity index (χ0n) is 22.4. The number of aryl methyl sites for hydroxylation is 1. The van der Waals surface area contributed by atoms with Gasteiger partial charge in [0.2, 0.25) is 5.88 Å². The quantitative estimate of drug-likeness (QED) is 0.425. The second-order valence-electron chi connectivity index (χ2n) is 10.6. The molecule has 1 amide bonds. The summed E-state index contributed by atoms with van der Waals surface area (Å²) in [6, 6.07) is 7.45. The summed E-state index contributed by atoms with van der Waals surface area (Å²) in [7, 11) is 0. The number of hydrogen-bond acceptors (Lipinski definition) is 9. The molecule has 0 saturated heterocycles. The molecule has 0 spiro atoms. The van der Waals surface area contributed by atoms with Crippen molar-refractivity contribution in [3.63, 3.8) is 0 Å². The first-order valence-electron chi connectivity index (χ1n) is 12.7. The van der Waals surface area contributed by atoms with Crippen molar-refractivity contribution < 1.29 is 14.3 Å². The number of carbonyl (C=O) groups excluding carboxylic acids is 1. The number of hydrogen-bond donors (Lipinski definition) is 1. The summed E-state index contributed by atoms with van der Waals surface area (Å²) in [6.07, 6.45) is 4.18. The van der Waals surface area contributed by atoms with Crippen LogP contribution in [-0.4, -0.2) is 41.4 Å². The molecule has 38 heavy (non-hydrogen) atoms. The lowest BCUT2D eigenvalue weighted by Crippen LogP contribution is -2.42. The fourth-order valence-corrected chi connectivity index (χ4v) is 4.84. The van der Waals surface area contributed by atoms with Crippen LogP contribution in [0.2, 0.25) is 0 Å². The van der Waals surface area contributed by atoms with Crippen LogP contribution in [0.3, 0.4) is 0 Å². The van der Waals surface area contributed by atoms with Crippen LogP contribution in [0.15, 0.2) is 41.8 Å². The zero-order valence-corrected chi connectivity index (χ0v) is 22.4. The predicted molar refractivity (Wildman–Crippen MR) is 147 cm³/mol. The lowest BCUT2D eigenvalue weighted by Gasteiger charge is -2.35. The highest BCUT2D eigenvalue weighted by Crippen LogP contribution is 2.40. The van der Waals surface area contributed by atoms with E-state index in [1.54, 1.807) is 11.0 Å². The Morgan fingerprint density at radius 1 is 1.11 bits per heavy atom. The molecule has 198 valence electrons. The van der Waals surface area contributed by atoms with E-state index in [0.717, 1.165) is 46.8 Å². The average molecular weight is 517 g/mol. The van der Waals surface area contributed by atoms with Crippen LogP contribution in [-0.2, 0) is 17.7 Å². The van der Waals surface area contributed by atoms with Crippen molar-refractivity contribution in [3.8, 4) is 5.88 Å². The minimum Gasteiger partial charge on any atom is -0.474 e. The van der Waals surface area contributed by atoms with Crippen LogP contribution in [0.4, 0.5) is 33.4 Å². The first-order valence-corrected chi connectivity index (χ1v) is 12.7. The number of pyridine rings is 2. The van der Waals surface area contributed by atoms with E-state index in [2.05, 4.69) is 31.4 Å². The van der Waals surface area contributed by atoms with Gasteiger partial charge >= 0.3 is 6.09 Å². The molecule has 4 heterocycles. The minimum atomic E-state index is -0.600. The van der Waals surface area contributed by atoms with Crippen molar-refractivity contribution in [3.05, 3.63) is 63.8 Å². The summed E-state index contributed by atoms with van der Waals surface area (Å²) in [6.45, 7) is 11.7. The Hall–Kier alpha value is -4.21. The molecule has 0 fully saturated rings. The molecule has 1 aromatic carbocycles. The smallest absolute Gasteiger partial charge is 0.415 e. The van der Waals surface area contributed by atoms with Gasteiger partial charge in [-0.25, -0.2) is 14.8 Å². The molecule has 0 radical (unpaired) electrons. The van der Waals surface area contributed by atoms with Gasteiger partial charge in [0.25, 0.3) is 0 Å². The predicted octanol–water partition coefficient (Wildman–Crippen LogP) is 5.93. The third kappa shape index (κ3) is 5.11. The summed E-state index contributed by atoms with van der Waals surface area (Å²) >= 11 is 0. The highest BCUT2D eigenvalue weighted by atomic mass is 16.6. The number of ether oxygens (including phenoxy) is 2. The molecular weight excluding hydrogens is 484 g/mol. The van der Waals surface area contributed by atoms with Crippen LogP contribution in [0, 0.1) is 18.8 Å². The maximum absolute atomic E-state index is 13.0. The highest BCUT2D eigenvalue weighted by molar-refractivity contribution is 5.92. The number of fused-ring (bicyclic) bond motifs is 2. The normalized spacial score (nSPS) is 14.8. The molecule has 2 aromatic heterocycles. The molecule has 0 aliphatic carbocycles. The maximum Gasteiger partial charge on any atom is 0.415 e. The number of carbonyl (C=O) groups is 1. The monoisotopic (exact) mass is 516 g/mol. The van der Waals surface area contributed by atoms with Crippen molar-refractivity contribution >= 4 is 34.7 Å². The fourth-order valence-electron chi connectivity index (χ4n) is 4.84. The van der Waals surface area contributed by atoms with Crippen molar-refractivity contribution in [2.45, 2.75) is 53.2 Å². The number of rotatable bonds is 4. The Balaban J connectivity index is 1.40. The van der Waals surface area contributed by atoms with Crippen molar-refractivity contribution in [2.75, 3.05) is 34.8 Å². The molecular formula is C28H32N6O4. The maximum atomic E-state index is 13.0. The number of nitrogens with zero attached hydrogens (tertiary/aromatic N) is 5. The third-order valence-corrected chi connectivity index (χ3v) is 6.69. The molecule has 0 atom stereocenters. The number of nitrogens with one attached hydrogen (secondary N) is 1. The van der Waals surface area contributed by atoms with Gasteiger partial charge in [0, 0.05) is 30.5 Å². The van der Waals surface area contributed by atoms with Gasteiger partial charge in [-0.2, -0.15) is 0 Å². The summed E-state index contributed by atoms with van der Waals surface area (Å²) in [4.78, 5) is 36.9. The lowest BCUT2D eigenvalue weighted by atomic mass is 10.0. The van der Waals surface area contributed by atoms with E-state index < -0.39 is 11.7 Å². The molecule has 0 saturated carbocycles. The first-order chi connectivity index (χ1) is 18.1. The lowest BCUT2D eigenvalue weighted by molar-refractivity contribution is 0.0566. The molecule has 3 aromatic rings. The summed E-state index contributed by atoms with van der Waals surface area (Å²) in [5, 5.41) is 6.37. The van der Waals surface area contributed by atoms with Gasteiger partial charge in [-0.3, -0.25) is 4.90 Å². The molecule has 0 unspecified atom stereocenters. The van der Waals surface area contributed by atoms with Gasteiger partial charge in [-0.15, -0.1) is 4.91 Å². The Labute approximate surface area is 222 Å². The van der Waals surface area contributed by atoms with Crippen LogP contribution < -0.4 is 19.9 Å². The number of anilines is 4. The van der Waals surface area contributed by atoms with Gasteiger partial charge < -0.3 is 19.7 Å². The largest absolute Gasteiger partial charge is 0.474 e. The van der Waals surface area contributed by atoms with Crippen LogP contribution >= 0.6 is 0 Å². The van der Waals surface area contributed by atoms with Gasteiger partial charge in [-0.1, -0.05) is 0 Å². The number of nitroso groups, excluding NO2 is 1. The molecule has 10 heteroatoms. The molecule has 2 aliphatic heterocycles. The fraction of sp³-hybridized carbons (Fsp3) is 0.393. The van der Waals surface area contributed by atoms with E-state index in [-0.39, 0.29) is 0 Å². The van der Waals surface area contributed by atoms with Crippen LogP contribution in [0.1, 0.15) is 43.0 Å². The Kier molecular flexibility index (Phi) is 6.64. The standard InChI is InChI=1S/C28H32N6O4/c1-17-12-21(6-7-22(17)32-36)31-24-13-20-16-33(9-8-19(20)14-29-24)23-15-30-26-25(18(23)2)34(10-11-37-26)27(35)38-28(3,4)5/h6-7,12-15H,8-11,16H2,1-5H3,(H,29,31). The average Bonchev–Trinajstić information content (AvgIpc) is 2.87. The molecule has 1 N–H and O–H groups in total. The van der Waals surface area contributed by atoms with Gasteiger partial charge in [0.05, 0.1) is 18.4 Å². The molecule has 0 bridgehead atoms.